The second-order valence-corrected chi connectivity index (χ2v) is 15.1. The third kappa shape index (κ3) is 8.56. The number of rotatable bonds is 14. The number of amides is 2. The molecule has 5 fully saturated rings. The van der Waals surface area contributed by atoms with E-state index in [4.69, 9.17) is 18.9 Å². The molecule has 4 saturated carbocycles. The highest BCUT2D eigenvalue weighted by molar-refractivity contribution is 7.85. The fourth-order valence-corrected chi connectivity index (χ4v) is 8.04. The summed E-state index contributed by atoms with van der Waals surface area (Å²) < 4.78 is 50.0. The molecule has 2 amide bonds. The van der Waals surface area contributed by atoms with Crippen LogP contribution in [-0.2, 0) is 38.0 Å². The van der Waals surface area contributed by atoms with Crippen LogP contribution in [0.4, 0.5) is 4.79 Å². The van der Waals surface area contributed by atoms with Gasteiger partial charge in [-0.05, 0) is 84.0 Å². The maximum Gasteiger partial charge on any atom is 0.411 e. The third-order valence-electron chi connectivity index (χ3n) is 8.71. The highest BCUT2D eigenvalue weighted by Gasteiger charge is 2.62. The van der Waals surface area contributed by atoms with Gasteiger partial charge in [0.05, 0.1) is 63.1 Å². The van der Waals surface area contributed by atoms with Gasteiger partial charge in [-0.1, -0.05) is 0 Å². The number of carbonyl (C=O) groups excluding carboxylic acids is 2. The Morgan fingerprint density at radius 1 is 1.00 bits per heavy atom. The van der Waals surface area contributed by atoms with Crippen LogP contribution in [0.5, 0.6) is 0 Å². The molecular weight excluding hydrogens is 566 g/mol. The van der Waals surface area contributed by atoms with Crippen molar-refractivity contribution < 1.29 is 41.1 Å². The highest BCUT2D eigenvalue weighted by atomic mass is 32.2. The molecule has 0 aromatic carbocycles. The van der Waals surface area contributed by atoms with Gasteiger partial charge in [0, 0.05) is 6.54 Å². The largest absolute Gasteiger partial charge is 0.444 e. The molecule has 1 heterocycles. The van der Waals surface area contributed by atoms with Gasteiger partial charge in [0.15, 0.2) is 0 Å². The summed E-state index contributed by atoms with van der Waals surface area (Å²) in [7, 11) is -3.47. The first-order chi connectivity index (χ1) is 19.7. The monoisotopic (exact) mass is 613 g/mol. The van der Waals surface area contributed by atoms with Crippen molar-refractivity contribution in [3.05, 3.63) is 0 Å². The van der Waals surface area contributed by atoms with E-state index in [2.05, 4.69) is 10.3 Å². The van der Waals surface area contributed by atoms with Crippen molar-refractivity contribution in [3.8, 4) is 6.07 Å². The van der Waals surface area contributed by atoms with Crippen molar-refractivity contribution in [3.63, 3.8) is 0 Å². The maximum atomic E-state index is 13.7. The van der Waals surface area contributed by atoms with E-state index in [0.717, 1.165) is 44.8 Å². The molecule has 0 radical (unpaired) electrons. The summed E-state index contributed by atoms with van der Waals surface area (Å²) in [4.78, 5) is 30.5. The molecule has 4 bridgehead atoms. The molecular formula is C29H47N3O9S. The lowest BCUT2D eigenvalue weighted by atomic mass is 9.50. The molecule has 5 aliphatic rings. The molecule has 5 atom stereocenters. The Morgan fingerprint density at radius 2 is 1.62 bits per heavy atom. The van der Waals surface area contributed by atoms with Gasteiger partial charge in [0.25, 0.3) is 10.1 Å². The smallest absolute Gasteiger partial charge is 0.411 e. The fraction of sp³-hybridized carbons (Fsp3) is 0.897. The number of nitrogens with zero attached hydrogens (tertiary/aromatic N) is 3. The van der Waals surface area contributed by atoms with Crippen LogP contribution in [0.15, 0.2) is 0 Å². The Kier molecular flexibility index (Phi) is 10.5. The molecule has 0 N–H and O–H groups in total. The number of nitriles is 1. The molecule has 42 heavy (non-hydrogen) atoms. The van der Waals surface area contributed by atoms with Crippen LogP contribution >= 0.6 is 0 Å². The molecule has 0 aromatic heterocycles. The number of hydrogen-bond acceptors (Lipinski definition) is 10. The van der Waals surface area contributed by atoms with Gasteiger partial charge >= 0.3 is 6.09 Å². The molecule has 0 aromatic rings. The quantitative estimate of drug-likeness (QED) is 0.212. The average molecular weight is 614 g/mol. The second kappa shape index (κ2) is 13.3. The molecule has 13 heteroatoms. The minimum absolute atomic E-state index is 0.0304. The minimum Gasteiger partial charge on any atom is -0.444 e. The molecule has 4 aliphatic carbocycles. The van der Waals surface area contributed by atoms with Gasteiger partial charge in [0.1, 0.15) is 18.2 Å². The van der Waals surface area contributed by atoms with Crippen LogP contribution in [0.25, 0.3) is 0 Å². The van der Waals surface area contributed by atoms with Gasteiger partial charge in [-0.2, -0.15) is 13.7 Å². The number of carbonyl (C=O) groups is 2. The zero-order valence-corrected chi connectivity index (χ0v) is 26.3. The van der Waals surface area contributed by atoms with Crippen LogP contribution < -0.4 is 0 Å². The lowest BCUT2D eigenvalue weighted by Crippen LogP contribution is -2.68. The van der Waals surface area contributed by atoms with E-state index in [-0.39, 0.29) is 31.3 Å². The SMILES string of the molecule is CC(C)(C)OC(=O)N(CC(=O)N1CCC[C@H]1C#N)C12CC3C[C@H](CC(OCCOCCOCCOS(C)(=O)=O)(C3)C1)C2. The van der Waals surface area contributed by atoms with Crippen molar-refractivity contribution in [2.75, 3.05) is 59.0 Å². The van der Waals surface area contributed by atoms with Crippen molar-refractivity contribution in [1.29, 1.82) is 5.26 Å². The molecule has 1 aliphatic heterocycles. The topological polar surface area (TPSA) is 145 Å². The Bertz CT molecular complexity index is 1100. The van der Waals surface area contributed by atoms with E-state index in [1.807, 2.05) is 20.8 Å². The van der Waals surface area contributed by atoms with E-state index in [9.17, 15) is 23.3 Å². The van der Waals surface area contributed by atoms with Crippen molar-refractivity contribution in [2.45, 2.75) is 94.9 Å². The standard InChI is InChI=1S/C29H47N3O9S/c1-27(2,3)41-26(34)32(20-25(33)31-7-5-6-24(31)19-30)28-15-22-14-23(16-28)18-29(17-22,21-28)39-12-10-37-8-9-38-11-13-40-42(4,35)36/h22-24H,5-18,20-21H2,1-4H3/t22-,23?,24-,28?,29?/m0/s1. The summed E-state index contributed by atoms with van der Waals surface area (Å²) in [6, 6.07) is 1.79. The van der Waals surface area contributed by atoms with Crippen LogP contribution in [0.2, 0.25) is 0 Å². The Balaban J connectivity index is 1.36. The molecule has 12 nitrogen and oxygen atoms in total. The Morgan fingerprint density at radius 3 is 2.21 bits per heavy atom. The van der Waals surface area contributed by atoms with Gasteiger partial charge < -0.3 is 23.8 Å². The van der Waals surface area contributed by atoms with Crippen LogP contribution in [-0.4, -0.2) is 112 Å². The number of ether oxygens (including phenoxy) is 4. The Labute approximate surface area is 250 Å². The lowest BCUT2D eigenvalue weighted by Gasteiger charge is -2.64. The zero-order chi connectivity index (χ0) is 30.6. The maximum absolute atomic E-state index is 13.7. The summed E-state index contributed by atoms with van der Waals surface area (Å²) in [6.07, 6.45) is 7.19. The lowest BCUT2D eigenvalue weighted by molar-refractivity contribution is -0.202. The predicted octanol–water partition coefficient (Wildman–Crippen LogP) is 2.86. The number of hydrogen-bond donors (Lipinski definition) is 0. The van der Waals surface area contributed by atoms with Crippen molar-refractivity contribution >= 4 is 22.1 Å². The van der Waals surface area contributed by atoms with E-state index >= 15 is 0 Å². The van der Waals surface area contributed by atoms with Gasteiger partial charge in [-0.15, -0.1) is 0 Å². The van der Waals surface area contributed by atoms with Crippen molar-refractivity contribution in [2.24, 2.45) is 11.8 Å². The van der Waals surface area contributed by atoms with Crippen LogP contribution in [0.3, 0.4) is 0 Å². The van der Waals surface area contributed by atoms with Gasteiger partial charge in [-0.25, -0.2) is 4.79 Å². The predicted molar refractivity (Wildman–Crippen MR) is 152 cm³/mol. The van der Waals surface area contributed by atoms with E-state index in [1.165, 1.54) is 0 Å². The first-order valence-electron chi connectivity index (χ1n) is 15.1. The van der Waals surface area contributed by atoms with E-state index in [0.29, 0.717) is 57.6 Å². The molecule has 5 rings (SSSR count). The first-order valence-corrected chi connectivity index (χ1v) is 16.9. The molecule has 0 spiro atoms. The van der Waals surface area contributed by atoms with Crippen LogP contribution in [0, 0.1) is 23.2 Å². The van der Waals surface area contributed by atoms with Crippen LogP contribution in [0.1, 0.15) is 72.1 Å². The molecule has 3 unspecified atom stereocenters. The Hall–Kier alpha value is -1.98. The second-order valence-electron chi connectivity index (χ2n) is 13.4. The first kappa shape index (κ1) is 32.9. The number of likely N-dealkylation sites (tertiary alicyclic amines) is 1. The summed E-state index contributed by atoms with van der Waals surface area (Å²) >= 11 is 0. The summed E-state index contributed by atoms with van der Waals surface area (Å²) in [5.74, 6) is 0.593. The van der Waals surface area contributed by atoms with Crippen molar-refractivity contribution in [1.82, 2.24) is 9.80 Å². The van der Waals surface area contributed by atoms with Gasteiger partial charge in [0.2, 0.25) is 5.91 Å². The summed E-state index contributed by atoms with van der Waals surface area (Å²) in [6.45, 7) is 7.49. The highest BCUT2D eigenvalue weighted by Crippen LogP contribution is 2.61. The molecule has 238 valence electrons. The summed E-state index contributed by atoms with van der Waals surface area (Å²) in [5, 5.41) is 9.55. The fourth-order valence-electron chi connectivity index (χ4n) is 7.67. The van der Waals surface area contributed by atoms with Gasteiger partial charge in [-0.3, -0.25) is 13.9 Å². The van der Waals surface area contributed by atoms with E-state index < -0.39 is 33.4 Å². The average Bonchev–Trinajstić information content (AvgIpc) is 3.35. The zero-order valence-electron chi connectivity index (χ0n) is 25.5. The normalized spacial score (nSPS) is 30.4. The molecule has 1 saturated heterocycles. The summed E-state index contributed by atoms with van der Waals surface area (Å²) in [5.41, 5.74) is -1.63. The van der Waals surface area contributed by atoms with E-state index in [1.54, 1.807) is 9.80 Å². The third-order valence-corrected chi connectivity index (χ3v) is 9.31. The minimum atomic E-state index is -3.47.